The summed E-state index contributed by atoms with van der Waals surface area (Å²) in [6.07, 6.45) is 1.34. The molecule has 2 aromatic heterocycles. The second-order valence-electron chi connectivity index (χ2n) is 3.55. The van der Waals surface area contributed by atoms with Crippen LogP contribution in [0.4, 0.5) is 4.39 Å². The van der Waals surface area contributed by atoms with E-state index in [0.29, 0.717) is 0 Å². The van der Waals surface area contributed by atoms with Crippen LogP contribution in [0.2, 0.25) is 0 Å². The number of hydrogen-bond donors (Lipinski definition) is 0. The minimum atomic E-state index is -0.655. The minimum absolute atomic E-state index is 0.0360. The van der Waals surface area contributed by atoms with E-state index < -0.39 is 11.9 Å². The molecule has 0 saturated heterocycles. The molecule has 2 aromatic rings. The van der Waals surface area contributed by atoms with Gasteiger partial charge in [0.05, 0.1) is 12.7 Å². The summed E-state index contributed by atoms with van der Waals surface area (Å²) >= 11 is 0. The van der Waals surface area contributed by atoms with E-state index in [0.717, 1.165) is 0 Å². The zero-order valence-corrected chi connectivity index (χ0v) is 10.3. The molecule has 0 atom stereocenters. The van der Waals surface area contributed by atoms with Crippen LogP contribution >= 0.6 is 0 Å². The maximum Gasteiger partial charge on any atom is 0.344 e. The highest BCUT2D eigenvalue weighted by Gasteiger charge is 2.15. The molecule has 19 heavy (non-hydrogen) atoms. The number of hydrogen-bond acceptors (Lipinski definition) is 6. The topological polar surface area (TPSA) is 79.1 Å². The molecule has 0 aromatic carbocycles. The van der Waals surface area contributed by atoms with E-state index in [4.69, 9.17) is 4.74 Å². The Balaban J connectivity index is 2.22. The van der Waals surface area contributed by atoms with Crippen molar-refractivity contribution in [2.45, 2.75) is 0 Å². The molecule has 0 N–H and O–H groups in total. The molecular weight excluding hydrogens is 255 g/mol. The lowest BCUT2D eigenvalue weighted by Gasteiger charge is -1.99. The number of aryl methyl sites for hydroxylation is 1. The molecular formula is C11H11FN4O3. The van der Waals surface area contributed by atoms with Crippen molar-refractivity contribution in [1.82, 2.24) is 19.7 Å². The van der Waals surface area contributed by atoms with Gasteiger partial charge in [-0.15, -0.1) is 5.10 Å². The summed E-state index contributed by atoms with van der Waals surface area (Å²) in [7, 11) is 2.83. The second kappa shape index (κ2) is 5.42. The van der Waals surface area contributed by atoms with Crippen molar-refractivity contribution in [3.8, 4) is 17.4 Å². The van der Waals surface area contributed by atoms with Crippen LogP contribution < -0.4 is 4.74 Å². The highest BCUT2D eigenvalue weighted by Crippen LogP contribution is 2.20. The van der Waals surface area contributed by atoms with Gasteiger partial charge in [-0.05, 0) is 12.1 Å². The Morgan fingerprint density at radius 2 is 2.32 bits per heavy atom. The van der Waals surface area contributed by atoms with Gasteiger partial charge in [-0.2, -0.15) is 9.37 Å². The SMILES string of the molecule is COC(=O)COc1nc(-c2cccnc2F)n(C)n1. The number of aromatic nitrogens is 4. The van der Waals surface area contributed by atoms with Crippen LogP contribution in [0.1, 0.15) is 0 Å². The number of esters is 1. The summed E-state index contributed by atoms with van der Waals surface area (Å²) in [5, 5.41) is 3.92. The van der Waals surface area contributed by atoms with E-state index in [9.17, 15) is 9.18 Å². The molecule has 0 spiro atoms. The molecule has 8 heteroatoms. The normalized spacial score (nSPS) is 10.3. The van der Waals surface area contributed by atoms with Crippen molar-refractivity contribution >= 4 is 5.97 Å². The van der Waals surface area contributed by atoms with Crippen LogP contribution in [0.5, 0.6) is 6.01 Å². The third kappa shape index (κ3) is 2.84. The van der Waals surface area contributed by atoms with Gasteiger partial charge in [-0.25, -0.2) is 14.5 Å². The van der Waals surface area contributed by atoms with Gasteiger partial charge in [0.2, 0.25) is 5.95 Å². The molecule has 0 amide bonds. The number of halogens is 1. The quantitative estimate of drug-likeness (QED) is 0.594. The molecule has 2 rings (SSSR count). The molecule has 0 bridgehead atoms. The number of methoxy groups -OCH3 is 1. The zero-order chi connectivity index (χ0) is 13.8. The van der Waals surface area contributed by atoms with E-state index in [1.807, 2.05) is 0 Å². The van der Waals surface area contributed by atoms with Gasteiger partial charge in [0.15, 0.2) is 12.4 Å². The second-order valence-corrected chi connectivity index (χ2v) is 3.55. The van der Waals surface area contributed by atoms with E-state index in [-0.39, 0.29) is 24.0 Å². The highest BCUT2D eigenvalue weighted by atomic mass is 19.1. The Kier molecular flexibility index (Phi) is 3.69. The van der Waals surface area contributed by atoms with Crippen molar-refractivity contribution in [3.63, 3.8) is 0 Å². The van der Waals surface area contributed by atoms with Gasteiger partial charge in [-0.1, -0.05) is 0 Å². The van der Waals surface area contributed by atoms with Crippen molar-refractivity contribution in [1.29, 1.82) is 0 Å². The van der Waals surface area contributed by atoms with Crippen LogP contribution in [0, 0.1) is 5.95 Å². The predicted octanol–water partition coefficient (Wildman–Crippen LogP) is 0.568. The number of rotatable bonds is 4. The van der Waals surface area contributed by atoms with Crippen molar-refractivity contribution in [3.05, 3.63) is 24.3 Å². The first-order chi connectivity index (χ1) is 9.11. The summed E-state index contributed by atoms with van der Waals surface area (Å²) in [5.74, 6) is -0.954. The fourth-order valence-corrected chi connectivity index (χ4v) is 1.39. The average molecular weight is 266 g/mol. The Labute approximate surface area is 108 Å². The molecule has 2 heterocycles. The molecule has 100 valence electrons. The minimum Gasteiger partial charge on any atom is -0.466 e. The van der Waals surface area contributed by atoms with Gasteiger partial charge in [0, 0.05) is 13.2 Å². The zero-order valence-electron chi connectivity index (χ0n) is 10.3. The maximum absolute atomic E-state index is 13.5. The largest absolute Gasteiger partial charge is 0.466 e. The van der Waals surface area contributed by atoms with Gasteiger partial charge >= 0.3 is 12.0 Å². The number of ether oxygens (including phenoxy) is 2. The van der Waals surface area contributed by atoms with Gasteiger partial charge in [0.1, 0.15) is 0 Å². The molecule has 0 unspecified atom stereocenters. The number of nitrogens with zero attached hydrogens (tertiary/aromatic N) is 4. The van der Waals surface area contributed by atoms with Gasteiger partial charge < -0.3 is 9.47 Å². The lowest BCUT2D eigenvalue weighted by Crippen LogP contribution is -2.13. The molecule has 0 fully saturated rings. The van der Waals surface area contributed by atoms with E-state index in [1.165, 1.54) is 24.1 Å². The summed E-state index contributed by atoms with van der Waals surface area (Å²) in [6.45, 7) is -0.310. The fourth-order valence-electron chi connectivity index (χ4n) is 1.39. The van der Waals surface area contributed by atoms with Gasteiger partial charge in [-0.3, -0.25) is 0 Å². The van der Waals surface area contributed by atoms with E-state index >= 15 is 0 Å². The van der Waals surface area contributed by atoms with Crippen LogP contribution in [-0.4, -0.2) is 39.4 Å². The van der Waals surface area contributed by atoms with Crippen molar-refractivity contribution < 1.29 is 18.7 Å². The van der Waals surface area contributed by atoms with Crippen LogP contribution in [0.15, 0.2) is 18.3 Å². The van der Waals surface area contributed by atoms with Crippen LogP contribution in [0.3, 0.4) is 0 Å². The smallest absolute Gasteiger partial charge is 0.344 e. The number of pyridine rings is 1. The monoisotopic (exact) mass is 266 g/mol. The van der Waals surface area contributed by atoms with E-state index in [2.05, 4.69) is 19.8 Å². The summed E-state index contributed by atoms with van der Waals surface area (Å²) < 4.78 is 24.3. The Morgan fingerprint density at radius 3 is 3.00 bits per heavy atom. The predicted molar refractivity (Wildman–Crippen MR) is 61.7 cm³/mol. The number of carbonyl (C=O) groups is 1. The van der Waals surface area contributed by atoms with Gasteiger partial charge in [0.25, 0.3) is 0 Å². The molecule has 7 nitrogen and oxygen atoms in total. The maximum atomic E-state index is 13.5. The lowest BCUT2D eigenvalue weighted by atomic mass is 10.2. The summed E-state index contributed by atoms with van der Waals surface area (Å²) in [5.41, 5.74) is 0.199. The molecule has 0 aliphatic heterocycles. The first kappa shape index (κ1) is 12.9. The first-order valence-corrected chi connectivity index (χ1v) is 5.33. The Bertz CT molecular complexity index is 599. The first-order valence-electron chi connectivity index (χ1n) is 5.33. The standard InChI is InChI=1S/C11H11FN4O3/c1-16-10(7-4-3-5-13-9(7)12)14-11(15-16)19-6-8(17)18-2/h3-5H,6H2,1-2H3. The molecule has 0 aliphatic rings. The van der Waals surface area contributed by atoms with E-state index in [1.54, 1.807) is 13.1 Å². The molecule has 0 radical (unpaired) electrons. The fraction of sp³-hybridized carbons (Fsp3) is 0.273. The average Bonchev–Trinajstić information content (AvgIpc) is 2.77. The lowest BCUT2D eigenvalue weighted by molar-refractivity contribution is -0.143. The van der Waals surface area contributed by atoms with Crippen molar-refractivity contribution in [2.75, 3.05) is 13.7 Å². The summed E-state index contributed by atoms with van der Waals surface area (Å²) in [6, 6.07) is 3.07. The molecule has 0 saturated carbocycles. The Hall–Kier alpha value is -2.51. The number of carbonyl (C=O) groups excluding carboxylic acids is 1. The van der Waals surface area contributed by atoms with Crippen molar-refractivity contribution in [2.24, 2.45) is 7.05 Å². The van der Waals surface area contributed by atoms with Crippen LogP contribution in [-0.2, 0) is 16.6 Å². The molecule has 0 aliphatic carbocycles. The highest BCUT2D eigenvalue weighted by molar-refractivity contribution is 5.70. The third-order valence-corrected chi connectivity index (χ3v) is 2.29. The Morgan fingerprint density at radius 1 is 1.53 bits per heavy atom. The third-order valence-electron chi connectivity index (χ3n) is 2.29. The summed E-state index contributed by atoms with van der Waals surface area (Å²) in [4.78, 5) is 18.4. The van der Waals surface area contributed by atoms with Crippen LogP contribution in [0.25, 0.3) is 11.4 Å².